The van der Waals surface area contributed by atoms with Crippen molar-refractivity contribution >= 4 is 42.5 Å². The van der Waals surface area contributed by atoms with E-state index in [0.29, 0.717) is 12.5 Å². The number of ether oxygens (including phenoxy) is 1. The van der Waals surface area contributed by atoms with Crippen LogP contribution in [0.5, 0.6) is 5.75 Å². The van der Waals surface area contributed by atoms with E-state index in [1.165, 1.54) is 25.7 Å². The van der Waals surface area contributed by atoms with Crippen LogP contribution in [-0.4, -0.2) is 19.9 Å². The maximum Gasteiger partial charge on any atom is 0.132 e. The van der Waals surface area contributed by atoms with Crippen LogP contribution in [0, 0.1) is 6.92 Å². The first-order valence-electron chi connectivity index (χ1n) is 11.2. The maximum atomic E-state index is 6.03. The lowest BCUT2D eigenvalue weighted by molar-refractivity contribution is 0.298. The number of rotatable bonds is 2. The van der Waals surface area contributed by atoms with Crippen molar-refractivity contribution in [1.82, 2.24) is 19.9 Å². The molecule has 3 aromatic heterocycles. The molecule has 0 unspecified atom stereocenters. The second-order valence-electron chi connectivity index (χ2n) is 9.10. The fourth-order valence-corrected chi connectivity index (χ4v) is 5.95. The molecule has 7 rings (SSSR count). The first-order valence-corrected chi connectivity index (χ1v) is 12.0. The van der Waals surface area contributed by atoms with Crippen molar-refractivity contribution in [3.8, 4) is 28.1 Å². The van der Waals surface area contributed by atoms with Crippen LogP contribution in [0.2, 0.25) is 0 Å². The van der Waals surface area contributed by atoms with Crippen molar-refractivity contribution in [3.05, 3.63) is 65.9 Å². The van der Waals surface area contributed by atoms with Gasteiger partial charge in [-0.25, -0.2) is 9.97 Å². The number of thiophene rings is 1. The molecule has 0 spiro atoms. The highest BCUT2D eigenvalue weighted by molar-refractivity contribution is 7.25. The number of hydrogen-bond acceptors (Lipinski definition) is 4. The molecule has 1 aliphatic heterocycles. The predicted molar refractivity (Wildman–Crippen MR) is 135 cm³/mol. The van der Waals surface area contributed by atoms with Gasteiger partial charge in [-0.3, -0.25) is 0 Å². The normalized spacial score (nSPS) is 13.1. The van der Waals surface area contributed by atoms with Gasteiger partial charge in [-0.1, -0.05) is 32.0 Å². The van der Waals surface area contributed by atoms with Gasteiger partial charge in [0.2, 0.25) is 0 Å². The monoisotopic (exact) mass is 450 g/mol. The summed E-state index contributed by atoms with van der Waals surface area (Å²) in [5.41, 5.74) is 7.62. The number of aromatic nitrogens is 4. The summed E-state index contributed by atoms with van der Waals surface area (Å²) in [6.45, 7) is 6.81. The van der Waals surface area contributed by atoms with Gasteiger partial charge in [-0.2, -0.15) is 0 Å². The van der Waals surface area contributed by atoms with E-state index in [9.17, 15) is 0 Å². The van der Waals surface area contributed by atoms with Crippen LogP contribution >= 0.6 is 11.3 Å². The second-order valence-corrected chi connectivity index (χ2v) is 10.2. The molecule has 0 radical (unpaired) electrons. The van der Waals surface area contributed by atoms with E-state index in [2.05, 4.69) is 77.3 Å². The van der Waals surface area contributed by atoms with Crippen molar-refractivity contribution in [2.45, 2.75) is 33.3 Å². The molecule has 0 saturated heterocycles. The van der Waals surface area contributed by atoms with Gasteiger partial charge in [0.15, 0.2) is 0 Å². The number of aromatic amines is 2. The molecule has 0 fully saturated rings. The Morgan fingerprint density at radius 3 is 2.61 bits per heavy atom. The molecule has 1 aliphatic rings. The van der Waals surface area contributed by atoms with Gasteiger partial charge < -0.3 is 14.7 Å². The molecule has 4 heterocycles. The average Bonchev–Trinajstić information content (AvgIpc) is 3.50. The second kappa shape index (κ2) is 6.68. The minimum atomic E-state index is 0.388. The van der Waals surface area contributed by atoms with Crippen LogP contribution in [0.1, 0.15) is 37.1 Å². The Hall–Kier alpha value is -3.64. The lowest BCUT2D eigenvalue weighted by Gasteiger charge is -2.17. The van der Waals surface area contributed by atoms with Crippen LogP contribution < -0.4 is 4.74 Å². The van der Waals surface area contributed by atoms with Crippen LogP contribution in [0.25, 0.3) is 53.6 Å². The lowest BCUT2D eigenvalue weighted by Crippen LogP contribution is -2.05. The Bertz CT molecular complexity index is 1720. The van der Waals surface area contributed by atoms with Crippen LogP contribution in [-0.2, 0) is 6.61 Å². The summed E-state index contributed by atoms with van der Waals surface area (Å²) >= 11 is 1.83. The highest BCUT2D eigenvalue weighted by Crippen LogP contribution is 2.41. The third-order valence-corrected chi connectivity index (χ3v) is 7.60. The number of nitrogens with one attached hydrogen (secondary N) is 2. The Morgan fingerprint density at radius 1 is 0.909 bits per heavy atom. The van der Waals surface area contributed by atoms with E-state index in [-0.39, 0.29) is 0 Å². The van der Waals surface area contributed by atoms with Crippen molar-refractivity contribution in [1.29, 1.82) is 0 Å². The van der Waals surface area contributed by atoms with E-state index in [1.54, 1.807) is 0 Å². The zero-order valence-electron chi connectivity index (χ0n) is 18.6. The lowest BCUT2D eigenvalue weighted by atomic mass is 9.99. The Kier molecular flexibility index (Phi) is 3.82. The zero-order chi connectivity index (χ0) is 22.3. The number of hydrogen-bond donors (Lipinski definition) is 2. The summed E-state index contributed by atoms with van der Waals surface area (Å²) in [5, 5.41) is 2.57. The first-order chi connectivity index (χ1) is 16.0. The molecule has 6 heteroatoms. The molecule has 6 aromatic rings. The topological polar surface area (TPSA) is 66.6 Å². The molecule has 0 atom stereocenters. The number of H-pyrrole nitrogens is 2. The number of aryl methyl sites for hydroxylation is 1. The summed E-state index contributed by atoms with van der Waals surface area (Å²) < 4.78 is 8.58. The van der Waals surface area contributed by atoms with Gasteiger partial charge in [0.05, 0.1) is 16.7 Å². The van der Waals surface area contributed by atoms with Gasteiger partial charge in [-0.05, 0) is 48.4 Å². The largest absolute Gasteiger partial charge is 0.486 e. The molecular weight excluding hydrogens is 428 g/mol. The first kappa shape index (κ1) is 18.9. The molecule has 0 bridgehead atoms. The molecule has 5 nitrogen and oxygen atoms in total. The van der Waals surface area contributed by atoms with Crippen molar-refractivity contribution < 1.29 is 4.74 Å². The Balaban J connectivity index is 1.33. The van der Waals surface area contributed by atoms with E-state index >= 15 is 0 Å². The van der Waals surface area contributed by atoms with Crippen molar-refractivity contribution in [2.24, 2.45) is 0 Å². The molecule has 0 amide bonds. The number of imidazole rings is 2. The van der Waals surface area contributed by atoms with Gasteiger partial charge in [-0.15, -0.1) is 11.3 Å². The molecule has 3 aromatic carbocycles. The fourth-order valence-electron chi connectivity index (χ4n) is 4.79. The van der Waals surface area contributed by atoms with Gasteiger partial charge >= 0.3 is 0 Å². The van der Waals surface area contributed by atoms with Crippen LogP contribution in [0.3, 0.4) is 0 Å². The summed E-state index contributed by atoms with van der Waals surface area (Å²) in [5.74, 6) is 3.25. The predicted octanol–water partition coefficient (Wildman–Crippen LogP) is 7.31. The minimum Gasteiger partial charge on any atom is -0.486 e. The number of nitrogens with zero attached hydrogens (tertiary/aromatic N) is 2. The van der Waals surface area contributed by atoms with Crippen molar-refractivity contribution in [3.63, 3.8) is 0 Å². The molecule has 162 valence electrons. The fraction of sp³-hybridized carbons (Fsp3) is 0.185. The van der Waals surface area contributed by atoms with E-state index in [1.807, 2.05) is 18.3 Å². The molecule has 2 N–H and O–H groups in total. The average molecular weight is 451 g/mol. The van der Waals surface area contributed by atoms with Gasteiger partial charge in [0, 0.05) is 31.7 Å². The summed E-state index contributed by atoms with van der Waals surface area (Å²) in [4.78, 5) is 16.2. The summed E-state index contributed by atoms with van der Waals surface area (Å²) in [6.07, 6.45) is 0. The molecule has 0 saturated carbocycles. The third kappa shape index (κ3) is 2.84. The molecular formula is C27H22N4OS. The Labute approximate surface area is 194 Å². The maximum absolute atomic E-state index is 6.03. The minimum absolute atomic E-state index is 0.388. The van der Waals surface area contributed by atoms with E-state index < -0.39 is 0 Å². The molecule has 33 heavy (non-hydrogen) atoms. The summed E-state index contributed by atoms with van der Waals surface area (Å²) in [7, 11) is 0. The summed E-state index contributed by atoms with van der Waals surface area (Å²) in [6, 6.07) is 17.7. The Morgan fingerprint density at radius 2 is 1.73 bits per heavy atom. The van der Waals surface area contributed by atoms with Gasteiger partial charge in [0.1, 0.15) is 29.7 Å². The van der Waals surface area contributed by atoms with E-state index in [4.69, 9.17) is 9.72 Å². The highest BCUT2D eigenvalue weighted by atomic mass is 32.1. The standard InChI is InChI=1S/C27H22N4OS/c1-13(2)27-30-20-10-19-17-6-4-16(9-24(17)33-25(19)11-21(20)31-27)15-5-7-18-23(8-15)32-12-22-26(18)29-14(3)28-22/h4-11,13H,12H2,1-3H3,(H,28,29)(H,30,31). The number of fused-ring (bicyclic) bond motifs is 7. The zero-order valence-corrected chi connectivity index (χ0v) is 19.4. The SMILES string of the molecule is Cc1nc2c([nH]1)-c1ccc(-c3ccc4c(c3)sc3cc5nc(C(C)C)[nH]c5cc34)cc1OC2. The third-order valence-electron chi connectivity index (χ3n) is 6.49. The highest BCUT2D eigenvalue weighted by Gasteiger charge is 2.21. The molecule has 0 aliphatic carbocycles. The van der Waals surface area contributed by atoms with E-state index in [0.717, 1.165) is 50.9 Å². The van der Waals surface area contributed by atoms with Gasteiger partial charge in [0.25, 0.3) is 0 Å². The number of benzene rings is 3. The van der Waals surface area contributed by atoms with Crippen LogP contribution in [0.15, 0.2) is 48.5 Å². The van der Waals surface area contributed by atoms with Crippen LogP contribution in [0.4, 0.5) is 0 Å². The smallest absolute Gasteiger partial charge is 0.132 e. The quantitative estimate of drug-likeness (QED) is 0.291. The van der Waals surface area contributed by atoms with Crippen molar-refractivity contribution in [2.75, 3.05) is 0 Å².